The van der Waals surface area contributed by atoms with Crippen molar-refractivity contribution < 1.29 is 27.8 Å². The summed E-state index contributed by atoms with van der Waals surface area (Å²) in [4.78, 5) is 11.7. The normalized spacial score (nSPS) is 11.4. The molecule has 0 unspecified atom stereocenters. The van der Waals surface area contributed by atoms with Crippen LogP contribution >= 0.6 is 31.9 Å². The van der Waals surface area contributed by atoms with E-state index in [2.05, 4.69) is 52.4 Å². The van der Waals surface area contributed by atoms with Crippen molar-refractivity contribution in [2.45, 2.75) is 6.36 Å². The highest BCUT2D eigenvalue weighted by Gasteiger charge is 2.30. The number of aromatic hydroxyl groups is 1. The van der Waals surface area contributed by atoms with Crippen molar-refractivity contribution in [2.75, 3.05) is 11.9 Å². The highest BCUT2D eigenvalue weighted by molar-refractivity contribution is 9.11. The number of carbonyl (C=O) groups is 1. The number of hydrazone groups is 1. The van der Waals surface area contributed by atoms with Crippen molar-refractivity contribution in [3.8, 4) is 11.5 Å². The first-order valence-corrected chi connectivity index (χ1v) is 8.82. The number of amides is 1. The zero-order valence-corrected chi connectivity index (χ0v) is 16.5. The number of nitrogens with one attached hydrogen (secondary N) is 2. The number of phenolic OH excluding ortho intramolecular Hbond substituents is 1. The molecule has 6 nitrogen and oxygen atoms in total. The second-order valence-electron chi connectivity index (χ2n) is 5.05. The number of anilines is 1. The summed E-state index contributed by atoms with van der Waals surface area (Å²) in [5.74, 6) is -0.765. The highest BCUT2D eigenvalue weighted by Crippen LogP contribution is 2.32. The van der Waals surface area contributed by atoms with Crippen LogP contribution in [0.2, 0.25) is 0 Å². The van der Waals surface area contributed by atoms with Crippen LogP contribution in [0.3, 0.4) is 0 Å². The number of halogens is 5. The van der Waals surface area contributed by atoms with Gasteiger partial charge in [0.1, 0.15) is 11.5 Å². The van der Waals surface area contributed by atoms with E-state index in [1.165, 1.54) is 18.3 Å². The fraction of sp³-hybridized carbons (Fsp3) is 0.125. The van der Waals surface area contributed by atoms with Crippen LogP contribution < -0.4 is 15.5 Å². The van der Waals surface area contributed by atoms with Gasteiger partial charge in [-0.25, -0.2) is 5.43 Å². The molecule has 3 N–H and O–H groups in total. The van der Waals surface area contributed by atoms with Crippen molar-refractivity contribution in [3.63, 3.8) is 0 Å². The van der Waals surface area contributed by atoms with Crippen LogP contribution in [0.5, 0.6) is 11.5 Å². The third-order valence-corrected chi connectivity index (χ3v) is 4.19. The Kier molecular flexibility index (Phi) is 7.08. The van der Waals surface area contributed by atoms with E-state index in [9.17, 15) is 23.1 Å². The molecule has 0 saturated carbocycles. The number of benzene rings is 2. The minimum atomic E-state index is -4.75. The first-order chi connectivity index (χ1) is 12.6. The molecule has 0 fully saturated rings. The molecule has 0 radical (unpaired) electrons. The van der Waals surface area contributed by atoms with E-state index in [1.807, 2.05) is 0 Å². The molecule has 2 aromatic carbocycles. The van der Waals surface area contributed by atoms with Gasteiger partial charge in [-0.05, 0) is 73.8 Å². The molecule has 2 aromatic rings. The number of ether oxygens (including phenoxy) is 1. The summed E-state index contributed by atoms with van der Waals surface area (Å²) in [6.45, 7) is -0.139. The van der Waals surface area contributed by atoms with Crippen LogP contribution in [-0.2, 0) is 4.79 Å². The fourth-order valence-electron chi connectivity index (χ4n) is 1.83. The van der Waals surface area contributed by atoms with Gasteiger partial charge >= 0.3 is 6.36 Å². The Bertz CT molecular complexity index is 820. The van der Waals surface area contributed by atoms with Gasteiger partial charge in [0.05, 0.1) is 21.7 Å². The van der Waals surface area contributed by atoms with E-state index in [1.54, 1.807) is 12.1 Å². The van der Waals surface area contributed by atoms with Crippen LogP contribution in [-0.4, -0.2) is 30.1 Å². The maximum atomic E-state index is 12.1. The highest BCUT2D eigenvalue weighted by atomic mass is 79.9. The van der Waals surface area contributed by atoms with Crippen LogP contribution in [0.4, 0.5) is 18.9 Å². The smallest absolute Gasteiger partial charge is 0.506 e. The molecule has 0 aliphatic rings. The van der Waals surface area contributed by atoms with Gasteiger partial charge in [0.2, 0.25) is 0 Å². The Labute approximate surface area is 168 Å². The molecular formula is C16H12Br2F3N3O3. The summed E-state index contributed by atoms with van der Waals surface area (Å²) in [5, 5.41) is 16.1. The van der Waals surface area contributed by atoms with E-state index < -0.39 is 12.3 Å². The standard InChI is InChI=1S/C16H12Br2F3N3O3/c17-12-5-9(6-13(18)15(12)26)7-23-24-14(25)8-22-10-1-3-11(4-2-10)27-16(19,20)21/h1-7,22,26H,8H2,(H,24,25). The monoisotopic (exact) mass is 509 g/mol. The predicted octanol–water partition coefficient (Wildman–Crippen LogP) is 4.38. The molecule has 0 aromatic heterocycles. The summed E-state index contributed by atoms with van der Waals surface area (Å²) >= 11 is 6.36. The average Bonchev–Trinajstić information content (AvgIpc) is 2.57. The van der Waals surface area contributed by atoms with E-state index in [4.69, 9.17) is 0 Å². The lowest BCUT2D eigenvalue weighted by Gasteiger charge is -2.10. The van der Waals surface area contributed by atoms with Crippen molar-refractivity contribution >= 4 is 49.7 Å². The Hall–Kier alpha value is -2.27. The van der Waals surface area contributed by atoms with E-state index >= 15 is 0 Å². The number of hydrogen-bond acceptors (Lipinski definition) is 5. The number of hydrogen-bond donors (Lipinski definition) is 3. The second-order valence-corrected chi connectivity index (χ2v) is 6.76. The van der Waals surface area contributed by atoms with Crippen LogP contribution in [0, 0.1) is 0 Å². The predicted molar refractivity (Wildman–Crippen MR) is 101 cm³/mol. The third-order valence-electron chi connectivity index (χ3n) is 2.98. The van der Waals surface area contributed by atoms with Gasteiger partial charge in [-0.2, -0.15) is 5.10 Å². The van der Waals surface area contributed by atoms with Crippen LogP contribution in [0.25, 0.3) is 0 Å². The van der Waals surface area contributed by atoms with E-state index in [-0.39, 0.29) is 18.0 Å². The summed E-state index contributed by atoms with van der Waals surface area (Å²) in [5.41, 5.74) is 3.36. The molecule has 0 heterocycles. The van der Waals surface area contributed by atoms with Crippen molar-refractivity contribution in [2.24, 2.45) is 5.10 Å². The average molecular weight is 511 g/mol. The molecule has 144 valence electrons. The van der Waals surface area contributed by atoms with Gasteiger partial charge < -0.3 is 15.2 Å². The summed E-state index contributed by atoms with van der Waals surface area (Å²) in [7, 11) is 0. The molecule has 0 atom stereocenters. The maximum absolute atomic E-state index is 12.1. The van der Waals surface area contributed by atoms with Crippen molar-refractivity contribution in [1.29, 1.82) is 0 Å². The lowest BCUT2D eigenvalue weighted by Crippen LogP contribution is -2.25. The largest absolute Gasteiger partial charge is 0.573 e. The van der Waals surface area contributed by atoms with Gasteiger partial charge in [-0.3, -0.25) is 4.79 Å². The molecule has 11 heteroatoms. The second kappa shape index (κ2) is 9.09. The molecule has 27 heavy (non-hydrogen) atoms. The third kappa shape index (κ3) is 7.10. The van der Waals surface area contributed by atoms with E-state index in [0.29, 0.717) is 20.2 Å². The topological polar surface area (TPSA) is 83.0 Å². The Balaban J connectivity index is 1.82. The lowest BCUT2D eigenvalue weighted by molar-refractivity contribution is -0.274. The van der Waals surface area contributed by atoms with Gasteiger partial charge in [0, 0.05) is 5.69 Å². The quantitative estimate of drug-likeness (QED) is 0.398. The molecule has 2 rings (SSSR count). The summed E-state index contributed by atoms with van der Waals surface area (Å²) in [6, 6.07) is 8.18. The molecule has 0 aliphatic carbocycles. The number of carbonyl (C=O) groups excluding carboxylic acids is 1. The number of rotatable bonds is 6. The number of alkyl halides is 3. The molecule has 0 bridgehead atoms. The Morgan fingerprint density at radius 3 is 2.33 bits per heavy atom. The lowest BCUT2D eigenvalue weighted by atomic mass is 10.2. The SMILES string of the molecule is O=C(CNc1ccc(OC(F)(F)F)cc1)NN=Cc1cc(Br)c(O)c(Br)c1. The number of nitrogens with zero attached hydrogens (tertiary/aromatic N) is 1. The minimum absolute atomic E-state index is 0.0482. The molecule has 0 spiro atoms. The Morgan fingerprint density at radius 1 is 1.19 bits per heavy atom. The van der Waals surface area contributed by atoms with E-state index in [0.717, 1.165) is 12.1 Å². The van der Waals surface area contributed by atoms with Gasteiger partial charge in [-0.1, -0.05) is 0 Å². The Morgan fingerprint density at radius 2 is 1.78 bits per heavy atom. The number of phenols is 1. The van der Waals surface area contributed by atoms with Crippen LogP contribution in [0.1, 0.15) is 5.56 Å². The summed E-state index contributed by atoms with van der Waals surface area (Å²) in [6.07, 6.45) is -3.37. The van der Waals surface area contributed by atoms with Gasteiger partial charge in [-0.15, -0.1) is 13.2 Å². The minimum Gasteiger partial charge on any atom is -0.506 e. The van der Waals surface area contributed by atoms with Crippen molar-refractivity contribution in [3.05, 3.63) is 50.9 Å². The summed E-state index contributed by atoms with van der Waals surface area (Å²) < 4.78 is 40.9. The van der Waals surface area contributed by atoms with Crippen LogP contribution in [0.15, 0.2) is 50.4 Å². The van der Waals surface area contributed by atoms with Gasteiger partial charge in [0.15, 0.2) is 0 Å². The molecule has 0 aliphatic heterocycles. The first kappa shape index (κ1) is 21.0. The molecule has 1 amide bonds. The molecule has 0 saturated heterocycles. The molecular weight excluding hydrogens is 499 g/mol. The zero-order chi connectivity index (χ0) is 20.0. The zero-order valence-electron chi connectivity index (χ0n) is 13.3. The maximum Gasteiger partial charge on any atom is 0.573 e. The first-order valence-electron chi connectivity index (χ1n) is 7.23. The fourth-order valence-corrected chi connectivity index (χ4v) is 3.06. The van der Waals surface area contributed by atoms with Gasteiger partial charge in [0.25, 0.3) is 5.91 Å². The van der Waals surface area contributed by atoms with Crippen molar-refractivity contribution in [1.82, 2.24) is 5.43 Å².